The molecule has 6 heterocycles. The summed E-state index contributed by atoms with van der Waals surface area (Å²) in [5, 5.41) is 26.1. The van der Waals surface area contributed by atoms with E-state index in [0.29, 0.717) is 55.9 Å². The topological polar surface area (TPSA) is 140 Å². The Morgan fingerprint density at radius 2 is 1.61 bits per heavy atom. The van der Waals surface area contributed by atoms with E-state index >= 15 is 0 Å². The lowest BCUT2D eigenvalue weighted by atomic mass is 9.84. The van der Waals surface area contributed by atoms with Crippen LogP contribution >= 0.6 is 0 Å². The van der Waals surface area contributed by atoms with Gasteiger partial charge in [0.2, 0.25) is 11.8 Å². The quantitative estimate of drug-likeness (QED) is 0.231. The molecule has 2 aromatic heterocycles. The third kappa shape index (κ3) is 7.73. The van der Waals surface area contributed by atoms with Crippen LogP contribution < -0.4 is 15.1 Å². The smallest absolute Gasteiger partial charge is 0.250 e. The molecular weight excluding hydrogens is 707 g/mol. The highest BCUT2D eigenvalue weighted by molar-refractivity contribution is 6.01. The molecule has 13 nitrogen and oxygen atoms in total. The van der Waals surface area contributed by atoms with Crippen molar-refractivity contribution < 1.29 is 19.5 Å². The van der Waals surface area contributed by atoms with Crippen molar-refractivity contribution >= 4 is 29.1 Å². The van der Waals surface area contributed by atoms with Crippen molar-refractivity contribution in [2.75, 3.05) is 62.7 Å². The summed E-state index contributed by atoms with van der Waals surface area (Å²) >= 11 is 0. The van der Waals surface area contributed by atoms with Crippen LogP contribution in [0.1, 0.15) is 68.4 Å². The maximum atomic E-state index is 14.7. The normalized spacial score (nSPS) is 21.2. The van der Waals surface area contributed by atoms with Crippen molar-refractivity contribution in [1.82, 2.24) is 35.1 Å². The van der Waals surface area contributed by atoms with Gasteiger partial charge in [0, 0.05) is 82.8 Å². The number of aromatic hydroxyl groups is 1. The van der Waals surface area contributed by atoms with Gasteiger partial charge in [0.05, 0.1) is 29.7 Å². The molecule has 2 N–H and O–H groups in total. The summed E-state index contributed by atoms with van der Waals surface area (Å²) in [6, 6.07) is 17.6. The third-order valence-corrected chi connectivity index (χ3v) is 12.8. The van der Waals surface area contributed by atoms with Gasteiger partial charge in [0.1, 0.15) is 11.3 Å². The first-order valence-electron chi connectivity index (χ1n) is 20.2. The highest BCUT2D eigenvalue weighted by atomic mass is 16.3. The summed E-state index contributed by atoms with van der Waals surface area (Å²) in [6.07, 6.45) is 12.0. The van der Waals surface area contributed by atoms with E-state index in [9.17, 15) is 19.5 Å². The number of phenols is 1. The zero-order valence-corrected chi connectivity index (χ0v) is 32.5. The number of para-hydroxylation sites is 1. The second-order valence-corrected chi connectivity index (χ2v) is 16.3. The first kappa shape index (κ1) is 37.6. The minimum atomic E-state index is -0.767. The molecule has 4 aromatic rings. The molecular formula is C43H53N9O4. The molecule has 4 aliphatic heterocycles. The predicted molar refractivity (Wildman–Crippen MR) is 214 cm³/mol. The number of aryl methyl sites for hydroxylation is 1. The Hall–Kier alpha value is -5.30. The number of phenolic OH excluding ortho intramolecular Hbond substituents is 1. The number of anilines is 2. The maximum Gasteiger partial charge on any atom is 0.250 e. The number of carbonyl (C=O) groups is 3. The summed E-state index contributed by atoms with van der Waals surface area (Å²) in [4.78, 5) is 47.9. The molecule has 4 aliphatic rings. The Morgan fingerprint density at radius 1 is 0.893 bits per heavy atom. The van der Waals surface area contributed by atoms with Gasteiger partial charge in [-0.25, -0.2) is 0 Å². The maximum absolute atomic E-state index is 14.7. The number of nitrogens with zero attached hydrogens (tertiary/aromatic N) is 8. The number of amides is 3. The van der Waals surface area contributed by atoms with Gasteiger partial charge in [-0.15, -0.1) is 0 Å². The highest BCUT2D eigenvalue weighted by Gasteiger charge is 2.47. The Morgan fingerprint density at radius 3 is 2.29 bits per heavy atom. The molecule has 4 fully saturated rings. The number of rotatable bonds is 9. The van der Waals surface area contributed by atoms with Crippen LogP contribution in [0, 0.1) is 12.8 Å². The summed E-state index contributed by atoms with van der Waals surface area (Å²) in [7, 11) is 1.99. The molecule has 0 saturated carbocycles. The highest BCUT2D eigenvalue weighted by Crippen LogP contribution is 2.37. The summed E-state index contributed by atoms with van der Waals surface area (Å²) in [6.45, 7) is 8.43. The van der Waals surface area contributed by atoms with E-state index in [1.54, 1.807) is 18.3 Å². The van der Waals surface area contributed by atoms with Crippen LogP contribution in [0.25, 0.3) is 11.3 Å². The fourth-order valence-corrected chi connectivity index (χ4v) is 9.33. The molecule has 0 spiro atoms. The van der Waals surface area contributed by atoms with Crippen LogP contribution in [0.5, 0.6) is 5.75 Å². The molecule has 3 amide bonds. The lowest BCUT2D eigenvalue weighted by molar-refractivity contribution is -0.144. The zero-order valence-electron chi connectivity index (χ0n) is 32.5. The Kier molecular flexibility index (Phi) is 10.8. The van der Waals surface area contributed by atoms with E-state index in [4.69, 9.17) is 5.10 Å². The van der Waals surface area contributed by atoms with E-state index in [1.165, 1.54) is 5.69 Å². The third-order valence-electron chi connectivity index (χ3n) is 12.8. The number of benzene rings is 2. The average Bonchev–Trinajstić information content (AvgIpc) is 3.68. The number of imide groups is 1. The van der Waals surface area contributed by atoms with E-state index in [0.717, 1.165) is 75.2 Å². The molecule has 0 bridgehead atoms. The fourth-order valence-electron chi connectivity index (χ4n) is 9.33. The van der Waals surface area contributed by atoms with Gasteiger partial charge in [0.25, 0.3) is 5.91 Å². The van der Waals surface area contributed by atoms with Crippen LogP contribution in [0.15, 0.2) is 73.2 Å². The van der Waals surface area contributed by atoms with Crippen LogP contribution in [0.2, 0.25) is 0 Å². The van der Waals surface area contributed by atoms with Gasteiger partial charge < -0.3 is 24.7 Å². The van der Waals surface area contributed by atoms with Gasteiger partial charge in [-0.05, 0) is 99.2 Å². The van der Waals surface area contributed by atoms with Crippen molar-refractivity contribution in [2.24, 2.45) is 5.92 Å². The number of nitrogens with one attached hydrogen (secondary N) is 1. The van der Waals surface area contributed by atoms with Crippen LogP contribution in [-0.2, 0) is 19.9 Å². The van der Waals surface area contributed by atoms with Gasteiger partial charge in [-0.1, -0.05) is 24.3 Å². The van der Waals surface area contributed by atoms with Crippen molar-refractivity contribution in [1.29, 1.82) is 0 Å². The Labute approximate surface area is 328 Å². The number of hydrogen-bond acceptors (Lipinski definition) is 10. The van der Waals surface area contributed by atoms with E-state index in [-0.39, 0.29) is 35.4 Å². The monoisotopic (exact) mass is 759 g/mol. The zero-order chi connectivity index (χ0) is 38.8. The standard InChI is InChI=1S/C43H53N9O4/c1-30-26-45-52(28-30)43(17-23-51(24-18-43)35-25-38(47-44-27-35)37-5-3-4-6-39(37)53)42(56)48(2)33-15-19-49(20-16-33)29-31-13-21-50(22-14-31)34-9-7-32(8-10-34)36-11-12-40(54)46-41(36)55/h3-10,25-28,31,33,36,53H,11-24,29H2,1-2H3,(H,46,54,55)/t36-/m1/s1. The number of likely N-dealkylation sites (N-methyl/N-ethyl adjacent to an activating group) is 1. The van der Waals surface area contributed by atoms with Crippen molar-refractivity contribution in [3.05, 3.63) is 84.3 Å². The molecule has 294 valence electrons. The minimum Gasteiger partial charge on any atom is -0.507 e. The van der Waals surface area contributed by atoms with Gasteiger partial charge >= 0.3 is 0 Å². The number of piperidine rings is 4. The van der Waals surface area contributed by atoms with Crippen molar-refractivity contribution in [3.63, 3.8) is 0 Å². The molecule has 8 rings (SSSR count). The predicted octanol–water partition coefficient (Wildman–Crippen LogP) is 4.71. The first-order valence-corrected chi connectivity index (χ1v) is 20.2. The van der Waals surface area contributed by atoms with Gasteiger partial charge in [-0.2, -0.15) is 15.3 Å². The largest absolute Gasteiger partial charge is 0.507 e. The summed E-state index contributed by atoms with van der Waals surface area (Å²) in [5.74, 6) is 0.325. The molecule has 56 heavy (non-hydrogen) atoms. The molecule has 1 atom stereocenters. The average molecular weight is 760 g/mol. The number of aromatic nitrogens is 4. The lowest BCUT2D eigenvalue weighted by Crippen LogP contribution is -2.58. The number of hydrogen-bond donors (Lipinski definition) is 2. The molecule has 0 aliphatic carbocycles. The van der Waals surface area contributed by atoms with E-state index in [1.807, 2.05) is 66.3 Å². The van der Waals surface area contributed by atoms with E-state index in [2.05, 4.69) is 42.3 Å². The van der Waals surface area contributed by atoms with Crippen LogP contribution in [0.3, 0.4) is 0 Å². The number of carbonyl (C=O) groups excluding carboxylic acids is 3. The second kappa shape index (κ2) is 16.0. The van der Waals surface area contributed by atoms with Crippen molar-refractivity contribution in [3.8, 4) is 17.0 Å². The Bertz CT molecular complexity index is 2030. The number of likely N-dealkylation sites (tertiary alicyclic amines) is 1. The van der Waals surface area contributed by atoms with Gasteiger partial charge in [0.15, 0.2) is 0 Å². The molecule has 4 saturated heterocycles. The summed E-state index contributed by atoms with van der Waals surface area (Å²) in [5.41, 5.74) is 4.61. The van der Waals surface area contributed by atoms with Crippen LogP contribution in [-0.4, -0.2) is 112 Å². The van der Waals surface area contributed by atoms with Crippen LogP contribution in [0.4, 0.5) is 11.4 Å². The molecule has 13 heteroatoms. The van der Waals surface area contributed by atoms with E-state index < -0.39 is 5.54 Å². The molecule has 2 aromatic carbocycles. The fraction of sp³-hybridized carbons (Fsp3) is 0.488. The summed E-state index contributed by atoms with van der Waals surface area (Å²) < 4.78 is 1.92. The SMILES string of the molecule is Cc1cnn(C2(C(=O)N(C)C3CCN(CC4CCN(c5ccc([C@H]6CCC(=O)NC6=O)cc5)CC4)CC3)CCN(c3cnnc(-c4ccccc4O)c3)CC2)c1. The lowest BCUT2D eigenvalue weighted by Gasteiger charge is -2.46. The minimum absolute atomic E-state index is 0.138. The Balaban J connectivity index is 0.841. The molecule has 0 unspecified atom stereocenters. The van der Waals surface area contributed by atoms with Gasteiger partial charge in [-0.3, -0.25) is 24.4 Å². The second-order valence-electron chi connectivity index (χ2n) is 16.3. The van der Waals surface area contributed by atoms with Crippen molar-refractivity contribution in [2.45, 2.75) is 75.8 Å². The first-order chi connectivity index (χ1) is 27.2. The molecule has 0 radical (unpaired) electrons.